The Kier molecular flexibility index (Phi) is 5.47. The van der Waals surface area contributed by atoms with Crippen LogP contribution in [0.4, 0.5) is 0 Å². The lowest BCUT2D eigenvalue weighted by molar-refractivity contribution is 0.268. The number of hydrogen-bond acceptors (Lipinski definition) is 3. The molecule has 108 valence electrons. The van der Waals surface area contributed by atoms with Gasteiger partial charge in [0.25, 0.3) is 0 Å². The van der Waals surface area contributed by atoms with Gasteiger partial charge in [-0.15, -0.1) is 4.72 Å². The minimum absolute atomic E-state index is 0.315. The normalized spacial score (nSPS) is 25.7. The van der Waals surface area contributed by atoms with Crippen molar-refractivity contribution in [3.63, 3.8) is 0 Å². The van der Waals surface area contributed by atoms with Crippen molar-refractivity contribution in [3.8, 4) is 6.07 Å². The van der Waals surface area contributed by atoms with Crippen LogP contribution in [0.5, 0.6) is 0 Å². The molecule has 20 heavy (non-hydrogen) atoms. The number of aryl methyl sites for hydroxylation is 1. The molecular formula is C16H22N2OS. The van der Waals surface area contributed by atoms with E-state index in [1.165, 1.54) is 12.8 Å². The van der Waals surface area contributed by atoms with Crippen LogP contribution in [0, 0.1) is 30.1 Å². The van der Waals surface area contributed by atoms with Crippen LogP contribution in [0.15, 0.2) is 29.2 Å². The Balaban J connectivity index is 1.96. The molecule has 0 aromatic heterocycles. The van der Waals surface area contributed by atoms with Gasteiger partial charge in [-0.1, -0.05) is 37.5 Å². The Morgan fingerprint density at radius 2 is 1.85 bits per heavy atom. The minimum atomic E-state index is -1.30. The summed E-state index contributed by atoms with van der Waals surface area (Å²) in [5.74, 6) is 1.08. The van der Waals surface area contributed by atoms with Crippen molar-refractivity contribution in [3.05, 3.63) is 29.8 Å². The summed E-state index contributed by atoms with van der Waals surface area (Å²) in [4.78, 5) is 0.736. The van der Waals surface area contributed by atoms with Gasteiger partial charge in [-0.05, 0) is 43.7 Å². The Hall–Kier alpha value is -1.02. The first kappa shape index (κ1) is 15.4. The number of nitrogens with zero attached hydrogens (tertiary/aromatic N) is 1. The zero-order valence-electron chi connectivity index (χ0n) is 12.1. The van der Waals surface area contributed by atoms with Crippen LogP contribution in [-0.4, -0.2) is 10.6 Å². The zero-order chi connectivity index (χ0) is 14.5. The fourth-order valence-corrected chi connectivity index (χ4v) is 3.69. The molecule has 1 N–H and O–H groups in total. The van der Waals surface area contributed by atoms with Crippen molar-refractivity contribution in [2.45, 2.75) is 50.5 Å². The van der Waals surface area contributed by atoms with Gasteiger partial charge in [0, 0.05) is 0 Å². The van der Waals surface area contributed by atoms with Gasteiger partial charge in [0.05, 0.1) is 17.4 Å². The average molecular weight is 290 g/mol. The molecule has 2 atom stereocenters. The van der Waals surface area contributed by atoms with E-state index in [4.69, 9.17) is 0 Å². The van der Waals surface area contributed by atoms with Crippen molar-refractivity contribution in [1.82, 2.24) is 4.72 Å². The standard InChI is InChI=1S/C16H22N2OS/c1-12-3-7-14(8-4-12)16(11-17)18-20(19)15-9-5-13(2)6-10-15/h5-6,9-10,12,14,16,18H,3-4,7-8H2,1-2H3. The molecule has 2 unspecified atom stereocenters. The molecular weight excluding hydrogens is 268 g/mol. The van der Waals surface area contributed by atoms with Crippen LogP contribution in [0.2, 0.25) is 0 Å². The third kappa shape index (κ3) is 3.99. The molecule has 2 rings (SSSR count). The topological polar surface area (TPSA) is 58.9 Å². The first-order valence-electron chi connectivity index (χ1n) is 7.24. The van der Waals surface area contributed by atoms with Crippen LogP contribution in [0.3, 0.4) is 0 Å². The third-order valence-electron chi connectivity index (χ3n) is 4.14. The Bertz CT molecular complexity index is 460. The molecule has 1 fully saturated rings. The van der Waals surface area contributed by atoms with Crippen LogP contribution in [0.1, 0.15) is 38.2 Å². The fourth-order valence-electron chi connectivity index (χ4n) is 2.69. The van der Waals surface area contributed by atoms with E-state index in [0.29, 0.717) is 5.92 Å². The second kappa shape index (κ2) is 7.12. The van der Waals surface area contributed by atoms with Crippen molar-refractivity contribution in [1.29, 1.82) is 5.26 Å². The van der Waals surface area contributed by atoms with Gasteiger partial charge in [-0.3, -0.25) is 0 Å². The molecule has 0 spiro atoms. The van der Waals surface area contributed by atoms with E-state index in [0.717, 1.165) is 29.2 Å². The largest absolute Gasteiger partial charge is 0.593 e. The first-order chi connectivity index (χ1) is 9.60. The van der Waals surface area contributed by atoms with E-state index in [1.54, 1.807) is 0 Å². The summed E-state index contributed by atoms with van der Waals surface area (Å²) in [7, 11) is 0. The highest BCUT2D eigenvalue weighted by atomic mass is 32.2. The van der Waals surface area contributed by atoms with E-state index in [2.05, 4.69) is 17.7 Å². The van der Waals surface area contributed by atoms with E-state index < -0.39 is 11.4 Å². The Morgan fingerprint density at radius 1 is 1.25 bits per heavy atom. The predicted octanol–water partition coefficient (Wildman–Crippen LogP) is 3.33. The maximum Gasteiger partial charge on any atom is 0.173 e. The van der Waals surface area contributed by atoms with Crippen molar-refractivity contribution in [2.24, 2.45) is 11.8 Å². The van der Waals surface area contributed by atoms with Crippen molar-refractivity contribution in [2.75, 3.05) is 0 Å². The molecule has 0 amide bonds. The summed E-state index contributed by atoms with van der Waals surface area (Å²) >= 11 is -1.30. The number of nitriles is 1. The Morgan fingerprint density at radius 3 is 2.40 bits per heavy atom. The number of hydrogen-bond donors (Lipinski definition) is 1. The highest BCUT2D eigenvalue weighted by Gasteiger charge is 2.29. The number of nitrogens with one attached hydrogen (secondary N) is 1. The number of benzene rings is 1. The van der Waals surface area contributed by atoms with Crippen molar-refractivity contribution < 1.29 is 4.55 Å². The smallest absolute Gasteiger partial charge is 0.173 e. The van der Waals surface area contributed by atoms with Crippen LogP contribution in [0.25, 0.3) is 0 Å². The molecule has 0 heterocycles. The van der Waals surface area contributed by atoms with Gasteiger partial charge < -0.3 is 4.55 Å². The molecule has 1 aliphatic carbocycles. The van der Waals surface area contributed by atoms with Gasteiger partial charge in [-0.2, -0.15) is 5.26 Å². The maximum absolute atomic E-state index is 12.3. The second-order valence-electron chi connectivity index (χ2n) is 5.83. The molecule has 1 aromatic rings. The van der Waals surface area contributed by atoms with Crippen LogP contribution in [-0.2, 0) is 11.4 Å². The molecule has 0 aliphatic heterocycles. The van der Waals surface area contributed by atoms with Gasteiger partial charge in [0.15, 0.2) is 4.90 Å². The predicted molar refractivity (Wildman–Crippen MR) is 81.2 cm³/mol. The summed E-state index contributed by atoms with van der Waals surface area (Å²) in [5.41, 5.74) is 1.14. The zero-order valence-corrected chi connectivity index (χ0v) is 13.0. The second-order valence-corrected chi connectivity index (χ2v) is 7.07. The molecule has 4 heteroatoms. The summed E-state index contributed by atoms with van der Waals surface area (Å²) in [5, 5.41) is 9.34. The molecule has 0 bridgehead atoms. The summed E-state index contributed by atoms with van der Waals surface area (Å²) in [6.45, 7) is 4.26. The van der Waals surface area contributed by atoms with Gasteiger partial charge in [0.1, 0.15) is 6.04 Å². The summed E-state index contributed by atoms with van der Waals surface area (Å²) < 4.78 is 15.3. The SMILES string of the molecule is Cc1ccc([S+]([O-])NC(C#N)C2CCC(C)CC2)cc1. The quantitative estimate of drug-likeness (QED) is 0.865. The number of rotatable bonds is 4. The fraction of sp³-hybridized carbons (Fsp3) is 0.562. The molecule has 1 aliphatic rings. The summed E-state index contributed by atoms with van der Waals surface area (Å²) in [6, 6.07) is 9.58. The molecule has 0 saturated heterocycles. The van der Waals surface area contributed by atoms with Gasteiger partial charge in [0.2, 0.25) is 0 Å². The lowest BCUT2D eigenvalue weighted by atomic mass is 9.80. The molecule has 3 nitrogen and oxygen atoms in total. The Labute approximate surface area is 124 Å². The summed E-state index contributed by atoms with van der Waals surface area (Å²) in [6.07, 6.45) is 4.44. The minimum Gasteiger partial charge on any atom is -0.593 e. The van der Waals surface area contributed by atoms with E-state index >= 15 is 0 Å². The van der Waals surface area contributed by atoms with E-state index in [9.17, 15) is 9.81 Å². The molecule has 1 saturated carbocycles. The van der Waals surface area contributed by atoms with Crippen molar-refractivity contribution >= 4 is 11.4 Å². The van der Waals surface area contributed by atoms with Gasteiger partial charge >= 0.3 is 0 Å². The van der Waals surface area contributed by atoms with E-state index in [-0.39, 0.29) is 6.04 Å². The van der Waals surface area contributed by atoms with Crippen LogP contribution >= 0.6 is 0 Å². The first-order valence-corrected chi connectivity index (χ1v) is 8.39. The van der Waals surface area contributed by atoms with Gasteiger partial charge in [-0.25, -0.2) is 0 Å². The highest BCUT2D eigenvalue weighted by Crippen LogP contribution is 2.30. The third-order valence-corrected chi connectivity index (χ3v) is 5.31. The highest BCUT2D eigenvalue weighted by molar-refractivity contribution is 7.89. The molecule has 0 radical (unpaired) electrons. The van der Waals surface area contributed by atoms with E-state index in [1.807, 2.05) is 31.2 Å². The lowest BCUT2D eigenvalue weighted by Crippen LogP contribution is -2.40. The lowest BCUT2D eigenvalue weighted by Gasteiger charge is -2.29. The average Bonchev–Trinajstić information content (AvgIpc) is 2.46. The molecule has 1 aromatic carbocycles. The monoisotopic (exact) mass is 290 g/mol. The maximum atomic E-state index is 12.3. The van der Waals surface area contributed by atoms with Crippen LogP contribution < -0.4 is 4.72 Å².